The zero-order valence-electron chi connectivity index (χ0n) is 32.9. The maximum absolute atomic E-state index is 14.6. The van der Waals surface area contributed by atoms with Gasteiger partial charge in [0, 0.05) is 12.1 Å². The Morgan fingerprint density at radius 2 is 1.33 bits per heavy atom. The molecule has 9 N–H and O–H groups in total. The summed E-state index contributed by atoms with van der Waals surface area (Å²) in [4.78, 5) is 59.0. The number of β-lactam (4-membered cyclic amide) rings is 1. The van der Waals surface area contributed by atoms with E-state index in [9.17, 15) is 79.1 Å². The Balaban J connectivity index is 1.33. The van der Waals surface area contributed by atoms with E-state index >= 15 is 0 Å². The van der Waals surface area contributed by atoms with E-state index in [1.165, 1.54) is 59.5 Å². The maximum atomic E-state index is 14.6. The van der Waals surface area contributed by atoms with E-state index in [1.807, 2.05) is 0 Å². The lowest BCUT2D eigenvalue weighted by molar-refractivity contribution is -0.487. The molecule has 342 valence electrons. The number of amides is 1. The molecular weight excluding hydrogens is 872 g/mol. The van der Waals surface area contributed by atoms with E-state index in [0.29, 0.717) is 11.1 Å². The maximum Gasteiger partial charge on any atom is 0.356 e. The SMILES string of the molecule is O=C(O)C1O[C@H](O[C@@H](C[C@@H](O[C@H]2OC(C(=O)O)[C@@H](O)C(O)[C@@H]2O)[C@H]2C(=O)N(c3ccccc3)[C@@H]2c2ccc(-c3ccc(P(=O)(O)O)cc3)cc2[O-])c2ccc(F)cc2)[C@@H](O)C([O-])[C@@H]1O. The first-order chi connectivity index (χ1) is 30.3. The summed E-state index contributed by atoms with van der Waals surface area (Å²) in [5.74, 6) is -7.20. The van der Waals surface area contributed by atoms with Crippen molar-refractivity contribution in [2.24, 2.45) is 5.92 Å². The van der Waals surface area contributed by atoms with Gasteiger partial charge in [0.1, 0.15) is 24.1 Å². The van der Waals surface area contributed by atoms with Gasteiger partial charge in [-0.05, 0) is 58.7 Å². The van der Waals surface area contributed by atoms with E-state index in [4.69, 9.17) is 18.9 Å². The summed E-state index contributed by atoms with van der Waals surface area (Å²) in [6, 6.07) is 20.3. The molecule has 0 saturated carbocycles. The minimum absolute atomic E-state index is 0.0283. The number of nitrogens with zero attached hydrogens (tertiary/aromatic N) is 1. The third kappa shape index (κ3) is 9.30. The van der Waals surface area contributed by atoms with Crippen LogP contribution < -0.4 is 20.4 Å². The molecule has 64 heavy (non-hydrogen) atoms. The molecule has 4 aromatic rings. The number of ether oxygens (including phenoxy) is 4. The van der Waals surface area contributed by atoms with Crippen molar-refractivity contribution in [1.29, 1.82) is 0 Å². The summed E-state index contributed by atoms with van der Waals surface area (Å²) >= 11 is 0. The molecule has 7 rings (SSSR count). The Kier molecular flexibility index (Phi) is 13.7. The van der Waals surface area contributed by atoms with Crippen LogP contribution in [0, 0.1) is 11.7 Å². The van der Waals surface area contributed by atoms with E-state index in [-0.39, 0.29) is 22.1 Å². The topological polar surface area (TPSA) is 337 Å². The summed E-state index contributed by atoms with van der Waals surface area (Å²) in [6.07, 6.45) is -25.9. The summed E-state index contributed by atoms with van der Waals surface area (Å²) in [5, 5.41) is 99.6. The van der Waals surface area contributed by atoms with Crippen LogP contribution in [-0.4, -0.2) is 131 Å². The van der Waals surface area contributed by atoms with Crippen molar-refractivity contribution < 1.29 is 98.0 Å². The Labute approximate surface area is 361 Å². The molecule has 0 aliphatic carbocycles. The Hall–Kier alpha value is -5.23. The van der Waals surface area contributed by atoms with Crippen molar-refractivity contribution in [3.05, 3.63) is 114 Å². The molecule has 1 amide bonds. The summed E-state index contributed by atoms with van der Waals surface area (Å²) in [7, 11) is -4.59. The largest absolute Gasteiger partial charge is 0.872 e. The number of aliphatic hydroxyl groups is 5. The molecule has 4 aromatic carbocycles. The molecule has 22 heteroatoms. The van der Waals surface area contributed by atoms with Crippen LogP contribution in [0.2, 0.25) is 0 Å². The first-order valence-corrected chi connectivity index (χ1v) is 21.1. The van der Waals surface area contributed by atoms with Crippen molar-refractivity contribution in [2.75, 3.05) is 4.90 Å². The normalized spacial score (nSPS) is 30.6. The molecule has 3 heterocycles. The van der Waals surface area contributed by atoms with Gasteiger partial charge in [-0.2, -0.15) is 0 Å². The molecule has 3 saturated heterocycles. The number of para-hydroxylation sites is 1. The molecule has 4 unspecified atom stereocenters. The van der Waals surface area contributed by atoms with E-state index in [0.717, 1.165) is 12.1 Å². The van der Waals surface area contributed by atoms with Crippen LogP contribution in [0.3, 0.4) is 0 Å². The molecular formula is C42H41FNO19P-2. The highest BCUT2D eigenvalue weighted by molar-refractivity contribution is 7.60. The average molecular weight is 914 g/mol. The second-order valence-corrected chi connectivity index (χ2v) is 17.0. The van der Waals surface area contributed by atoms with Crippen LogP contribution in [0.1, 0.15) is 29.7 Å². The van der Waals surface area contributed by atoms with Crippen LogP contribution in [-0.2, 0) is 37.9 Å². The Bertz CT molecular complexity index is 2370. The summed E-state index contributed by atoms with van der Waals surface area (Å²) in [5.41, 5.74) is 1.00. The average Bonchev–Trinajstić information content (AvgIpc) is 3.25. The number of carbonyl (C=O) groups excluding carboxylic acids is 1. The van der Waals surface area contributed by atoms with Crippen LogP contribution in [0.15, 0.2) is 97.1 Å². The molecule has 3 aliphatic heterocycles. The van der Waals surface area contributed by atoms with E-state index < -0.39 is 129 Å². The van der Waals surface area contributed by atoms with Crippen LogP contribution in [0.25, 0.3) is 11.1 Å². The molecule has 3 aliphatic rings. The summed E-state index contributed by atoms with van der Waals surface area (Å²) in [6.45, 7) is 0. The van der Waals surface area contributed by atoms with Gasteiger partial charge in [0.2, 0.25) is 5.91 Å². The minimum atomic E-state index is -4.59. The number of aliphatic hydroxyl groups excluding tert-OH is 5. The quantitative estimate of drug-likeness (QED) is 0.0528. The number of hydrogen-bond acceptors (Lipinski definition) is 15. The van der Waals surface area contributed by atoms with Gasteiger partial charge in [0.05, 0.1) is 41.7 Å². The lowest BCUT2D eigenvalue weighted by Crippen LogP contribution is -2.65. The number of carboxylic acid groups (broad SMARTS) is 2. The second-order valence-electron chi connectivity index (χ2n) is 15.4. The van der Waals surface area contributed by atoms with Crippen LogP contribution in [0.4, 0.5) is 10.1 Å². The zero-order valence-corrected chi connectivity index (χ0v) is 33.8. The number of aliphatic carboxylic acids is 2. The highest BCUT2D eigenvalue weighted by Gasteiger charge is 2.56. The lowest BCUT2D eigenvalue weighted by atomic mass is 9.75. The third-order valence-corrected chi connectivity index (χ3v) is 12.3. The van der Waals surface area contributed by atoms with Gasteiger partial charge in [-0.25, -0.2) is 14.0 Å². The third-order valence-electron chi connectivity index (χ3n) is 11.3. The molecule has 20 nitrogen and oxygen atoms in total. The van der Waals surface area contributed by atoms with Crippen molar-refractivity contribution in [2.45, 2.75) is 86.1 Å². The highest BCUT2D eigenvalue weighted by Crippen LogP contribution is 2.50. The number of carbonyl (C=O) groups is 3. The van der Waals surface area contributed by atoms with Crippen molar-refractivity contribution in [3.63, 3.8) is 0 Å². The minimum Gasteiger partial charge on any atom is -0.872 e. The number of benzene rings is 4. The van der Waals surface area contributed by atoms with E-state index in [2.05, 4.69) is 0 Å². The van der Waals surface area contributed by atoms with Gasteiger partial charge < -0.3 is 79.6 Å². The molecule has 0 aromatic heterocycles. The van der Waals surface area contributed by atoms with Crippen molar-refractivity contribution in [3.8, 4) is 16.9 Å². The van der Waals surface area contributed by atoms with Gasteiger partial charge in [-0.15, -0.1) is 5.75 Å². The molecule has 3 fully saturated rings. The lowest BCUT2D eigenvalue weighted by Gasteiger charge is -2.52. The highest BCUT2D eigenvalue weighted by atomic mass is 31.2. The Morgan fingerprint density at radius 3 is 1.91 bits per heavy atom. The Morgan fingerprint density at radius 1 is 0.750 bits per heavy atom. The molecule has 14 atom stereocenters. The van der Waals surface area contributed by atoms with Gasteiger partial charge in [-0.3, -0.25) is 9.36 Å². The first-order valence-electron chi connectivity index (χ1n) is 19.5. The summed E-state index contributed by atoms with van der Waals surface area (Å²) < 4.78 is 49.0. The van der Waals surface area contributed by atoms with Crippen molar-refractivity contribution >= 4 is 36.4 Å². The van der Waals surface area contributed by atoms with Crippen molar-refractivity contribution in [1.82, 2.24) is 0 Å². The smallest absolute Gasteiger partial charge is 0.356 e. The van der Waals surface area contributed by atoms with Crippen LogP contribution >= 0.6 is 7.60 Å². The predicted octanol–water partition coefficient (Wildman–Crippen LogP) is -1.24. The predicted molar refractivity (Wildman–Crippen MR) is 209 cm³/mol. The zero-order chi connectivity index (χ0) is 46.4. The number of anilines is 1. The first kappa shape index (κ1) is 46.8. The fraction of sp³-hybridized carbons (Fsp3) is 0.357. The van der Waals surface area contributed by atoms with Gasteiger partial charge >= 0.3 is 19.5 Å². The van der Waals surface area contributed by atoms with E-state index in [1.54, 1.807) is 30.3 Å². The number of carboxylic acids is 2. The molecule has 0 radical (unpaired) electrons. The second kappa shape index (κ2) is 18.7. The molecule has 0 bridgehead atoms. The number of hydrogen-bond donors (Lipinski definition) is 9. The standard InChI is InChI=1S/C42H42FNO19P/c43-21-11-6-19(7-12-21)26(60-41-34(50)30(46)32(48)36(62-41)39(53)54)17-27(61-42-35(51)31(47)33(49)37(63-42)40(55)56)28-29(44(38(28)52)22-4-2-1-3-5-22)24-15-10-20(16-25(24)45)18-8-13-23(14-9-18)64(57,58)59/h1-16,26-37,41-42,45,47-51H,17H2,(H,53,54)(H,55,56)(H2,57,58,59)/q-1/p-1/t26-,27+,28+,29+,30?,31?,32-,33-,34-,35-,36?,37?,41-,42-/m0/s1. The van der Waals surface area contributed by atoms with Gasteiger partial charge in [-0.1, -0.05) is 66.8 Å². The monoisotopic (exact) mass is 913 g/mol. The fourth-order valence-corrected chi connectivity index (χ4v) is 8.52. The van der Waals surface area contributed by atoms with Gasteiger partial charge in [0.15, 0.2) is 24.8 Å². The van der Waals surface area contributed by atoms with Gasteiger partial charge in [0.25, 0.3) is 0 Å². The number of halogens is 1. The fourth-order valence-electron chi connectivity index (χ4n) is 7.98. The molecule has 0 spiro atoms. The number of rotatable bonds is 14. The van der Waals surface area contributed by atoms with Crippen LogP contribution in [0.5, 0.6) is 5.75 Å².